The van der Waals surface area contributed by atoms with Gasteiger partial charge in [0.2, 0.25) is 0 Å². The highest BCUT2D eigenvalue weighted by atomic mass is 32.2. The zero-order valence-corrected chi connectivity index (χ0v) is 13.9. The molecule has 1 aliphatic heterocycles. The first kappa shape index (κ1) is 15.9. The summed E-state index contributed by atoms with van der Waals surface area (Å²) in [5.74, 6) is -0.499. The fourth-order valence-corrected chi connectivity index (χ4v) is 3.61. The summed E-state index contributed by atoms with van der Waals surface area (Å²) in [5, 5.41) is 0. The average molecular weight is 343 g/mol. The second-order valence-electron chi connectivity index (χ2n) is 5.09. The Kier molecular flexibility index (Phi) is 4.88. The van der Waals surface area contributed by atoms with E-state index in [4.69, 9.17) is 12.2 Å². The number of nitrogens with zero attached hydrogens (tertiary/aromatic N) is 1. The highest BCUT2D eigenvalue weighted by molar-refractivity contribution is 8.26. The first-order chi connectivity index (χ1) is 11.1. The van der Waals surface area contributed by atoms with Crippen LogP contribution in [0.5, 0.6) is 0 Å². The first-order valence-corrected chi connectivity index (χ1v) is 8.41. The number of halogens is 1. The molecule has 116 valence electrons. The molecule has 0 radical (unpaired) electrons. The summed E-state index contributed by atoms with van der Waals surface area (Å²) in [5.41, 5.74) is 1.55. The molecule has 1 heterocycles. The van der Waals surface area contributed by atoms with E-state index in [1.807, 2.05) is 30.3 Å². The van der Waals surface area contributed by atoms with E-state index in [0.29, 0.717) is 21.3 Å². The van der Waals surface area contributed by atoms with Crippen LogP contribution in [0.25, 0.3) is 6.08 Å². The van der Waals surface area contributed by atoms with Crippen LogP contribution in [0.3, 0.4) is 0 Å². The van der Waals surface area contributed by atoms with Gasteiger partial charge in [-0.05, 0) is 24.1 Å². The third kappa shape index (κ3) is 3.68. The van der Waals surface area contributed by atoms with Crippen molar-refractivity contribution in [3.05, 3.63) is 76.4 Å². The minimum absolute atomic E-state index is 0.154. The van der Waals surface area contributed by atoms with Gasteiger partial charge >= 0.3 is 0 Å². The summed E-state index contributed by atoms with van der Waals surface area (Å²) in [7, 11) is 0. The van der Waals surface area contributed by atoms with Gasteiger partial charge in [-0.25, -0.2) is 4.39 Å². The van der Waals surface area contributed by atoms with Crippen LogP contribution in [-0.2, 0) is 11.2 Å². The average Bonchev–Trinajstić information content (AvgIpc) is 2.82. The molecule has 3 rings (SSSR count). The number of hydrogen-bond donors (Lipinski definition) is 0. The van der Waals surface area contributed by atoms with Crippen LogP contribution in [0.4, 0.5) is 4.39 Å². The number of thioether (sulfide) groups is 1. The molecule has 1 aliphatic rings. The molecule has 0 aromatic heterocycles. The lowest BCUT2D eigenvalue weighted by Crippen LogP contribution is -2.30. The quantitative estimate of drug-likeness (QED) is 0.611. The van der Waals surface area contributed by atoms with Gasteiger partial charge in [0, 0.05) is 12.1 Å². The van der Waals surface area contributed by atoms with Gasteiger partial charge in [0.1, 0.15) is 10.1 Å². The van der Waals surface area contributed by atoms with E-state index < -0.39 is 0 Å². The molecule has 1 saturated heterocycles. The van der Waals surface area contributed by atoms with Gasteiger partial charge in [0.05, 0.1) is 4.91 Å². The Morgan fingerprint density at radius 1 is 1.09 bits per heavy atom. The molecule has 0 atom stereocenters. The minimum atomic E-state index is -0.345. The van der Waals surface area contributed by atoms with E-state index in [2.05, 4.69) is 0 Å². The summed E-state index contributed by atoms with van der Waals surface area (Å²) < 4.78 is 14.2. The van der Waals surface area contributed by atoms with Crippen LogP contribution in [0.1, 0.15) is 11.1 Å². The number of hydrogen-bond acceptors (Lipinski definition) is 3. The number of thiocarbonyl (C=S) groups is 1. The molecule has 0 aliphatic carbocycles. The molecule has 1 amide bonds. The topological polar surface area (TPSA) is 20.3 Å². The summed E-state index contributed by atoms with van der Waals surface area (Å²) in [4.78, 5) is 14.5. The number of carbonyl (C=O) groups is 1. The van der Waals surface area contributed by atoms with Crippen molar-refractivity contribution >= 4 is 40.3 Å². The molecule has 2 nitrogen and oxygen atoms in total. The van der Waals surface area contributed by atoms with Crippen LogP contribution in [0.15, 0.2) is 59.5 Å². The zero-order valence-electron chi connectivity index (χ0n) is 12.2. The molecule has 0 N–H and O–H groups in total. The molecular weight excluding hydrogens is 329 g/mol. The maximum absolute atomic E-state index is 13.7. The SMILES string of the molecule is O=C1/C(=C/c2ccccc2F)SC(=S)N1CCc1ccccc1. The van der Waals surface area contributed by atoms with Crippen LogP contribution in [0, 0.1) is 5.82 Å². The number of rotatable bonds is 4. The van der Waals surface area contributed by atoms with Gasteiger partial charge in [-0.2, -0.15) is 0 Å². The third-order valence-electron chi connectivity index (χ3n) is 3.53. The second-order valence-corrected chi connectivity index (χ2v) is 6.77. The summed E-state index contributed by atoms with van der Waals surface area (Å²) in [6, 6.07) is 16.3. The zero-order chi connectivity index (χ0) is 16.2. The fourth-order valence-electron chi connectivity index (χ4n) is 2.31. The van der Waals surface area contributed by atoms with E-state index in [9.17, 15) is 9.18 Å². The van der Waals surface area contributed by atoms with E-state index in [0.717, 1.165) is 12.0 Å². The van der Waals surface area contributed by atoms with Crippen molar-refractivity contribution in [2.75, 3.05) is 6.54 Å². The Hall–Kier alpha value is -1.98. The van der Waals surface area contributed by atoms with E-state index in [1.54, 1.807) is 29.2 Å². The van der Waals surface area contributed by atoms with Gasteiger partial charge in [-0.15, -0.1) is 0 Å². The summed E-state index contributed by atoms with van der Waals surface area (Å²) in [6.45, 7) is 0.531. The van der Waals surface area contributed by atoms with Crippen LogP contribution >= 0.6 is 24.0 Å². The van der Waals surface area contributed by atoms with Crippen LogP contribution in [-0.4, -0.2) is 21.7 Å². The lowest BCUT2D eigenvalue weighted by Gasteiger charge is -2.14. The standard InChI is InChI=1S/C18H14FNOS2/c19-15-9-5-4-8-14(15)12-16-17(21)20(18(22)23-16)11-10-13-6-2-1-3-7-13/h1-9,12H,10-11H2/b16-12-. The van der Waals surface area contributed by atoms with Crippen molar-refractivity contribution in [1.29, 1.82) is 0 Å². The molecule has 1 fully saturated rings. The highest BCUT2D eigenvalue weighted by Gasteiger charge is 2.31. The molecule has 23 heavy (non-hydrogen) atoms. The maximum atomic E-state index is 13.7. The molecule has 2 aromatic rings. The molecule has 5 heteroatoms. The Bertz CT molecular complexity index is 774. The number of benzene rings is 2. The van der Waals surface area contributed by atoms with Gasteiger partial charge in [-0.3, -0.25) is 9.69 Å². The largest absolute Gasteiger partial charge is 0.293 e. The lowest BCUT2D eigenvalue weighted by molar-refractivity contribution is -0.122. The Morgan fingerprint density at radius 2 is 1.78 bits per heavy atom. The Balaban J connectivity index is 1.74. The highest BCUT2D eigenvalue weighted by Crippen LogP contribution is 2.32. The van der Waals surface area contributed by atoms with Crippen molar-refractivity contribution in [1.82, 2.24) is 4.90 Å². The van der Waals surface area contributed by atoms with E-state index in [-0.39, 0.29) is 11.7 Å². The molecule has 0 saturated carbocycles. The molecule has 0 spiro atoms. The van der Waals surface area contributed by atoms with Crippen molar-refractivity contribution in [2.45, 2.75) is 6.42 Å². The predicted molar refractivity (Wildman–Crippen MR) is 96.4 cm³/mol. The Labute approximate surface area is 144 Å². The molecule has 0 unspecified atom stereocenters. The summed E-state index contributed by atoms with van der Waals surface area (Å²) in [6.07, 6.45) is 2.30. The molecule has 2 aromatic carbocycles. The minimum Gasteiger partial charge on any atom is -0.293 e. The van der Waals surface area contributed by atoms with Gasteiger partial charge in [0.25, 0.3) is 5.91 Å². The monoisotopic (exact) mass is 343 g/mol. The normalized spacial score (nSPS) is 16.4. The fraction of sp³-hybridized carbons (Fsp3) is 0.111. The third-order valence-corrected chi connectivity index (χ3v) is 4.91. The van der Waals surface area contributed by atoms with Crippen molar-refractivity contribution in [3.63, 3.8) is 0 Å². The number of carbonyl (C=O) groups excluding carboxylic acids is 1. The predicted octanol–water partition coefficient (Wildman–Crippen LogP) is 4.27. The van der Waals surface area contributed by atoms with Crippen LogP contribution < -0.4 is 0 Å². The van der Waals surface area contributed by atoms with Gasteiger partial charge in [0.15, 0.2) is 0 Å². The molecule has 0 bridgehead atoms. The molecular formula is C18H14FNOS2. The summed E-state index contributed by atoms with van der Waals surface area (Å²) >= 11 is 6.52. The lowest BCUT2D eigenvalue weighted by atomic mass is 10.1. The first-order valence-electron chi connectivity index (χ1n) is 7.19. The van der Waals surface area contributed by atoms with E-state index in [1.165, 1.54) is 17.8 Å². The Morgan fingerprint density at radius 3 is 2.52 bits per heavy atom. The van der Waals surface area contributed by atoms with Crippen LogP contribution in [0.2, 0.25) is 0 Å². The van der Waals surface area contributed by atoms with Crippen molar-refractivity contribution in [2.24, 2.45) is 0 Å². The second kappa shape index (κ2) is 7.06. The van der Waals surface area contributed by atoms with E-state index >= 15 is 0 Å². The maximum Gasteiger partial charge on any atom is 0.266 e. The van der Waals surface area contributed by atoms with Crippen molar-refractivity contribution in [3.8, 4) is 0 Å². The van der Waals surface area contributed by atoms with Crippen molar-refractivity contribution < 1.29 is 9.18 Å². The number of amides is 1. The smallest absolute Gasteiger partial charge is 0.266 e. The van der Waals surface area contributed by atoms with Gasteiger partial charge in [-0.1, -0.05) is 72.5 Å². The van der Waals surface area contributed by atoms with Gasteiger partial charge < -0.3 is 0 Å².